The van der Waals surface area contributed by atoms with Crippen molar-refractivity contribution < 1.29 is 28.2 Å². The molecule has 0 saturated carbocycles. The van der Waals surface area contributed by atoms with Crippen molar-refractivity contribution in [2.45, 2.75) is 66.0 Å². The number of carbonyl (C=O) groups excluding carboxylic acids is 1. The minimum atomic E-state index is -1.24. The van der Waals surface area contributed by atoms with E-state index in [-0.39, 0.29) is 17.9 Å². The Morgan fingerprint density at radius 3 is 2.35 bits per heavy atom. The third-order valence-electron chi connectivity index (χ3n) is 8.66. The minimum Gasteiger partial charge on any atom is -0.481 e. The predicted molar refractivity (Wildman–Crippen MR) is 174 cm³/mol. The first-order chi connectivity index (χ1) is 21.8. The van der Waals surface area contributed by atoms with E-state index in [9.17, 15) is 19.5 Å². The number of benzene rings is 2. The smallest absolute Gasteiger partial charge is 0.305 e. The Hall–Kier alpha value is -3.89. The topological polar surface area (TPSA) is 101 Å². The van der Waals surface area contributed by atoms with Gasteiger partial charge in [-0.25, -0.2) is 8.78 Å². The Kier molecular flexibility index (Phi) is 11.5. The molecule has 3 aromatic rings. The number of aliphatic carboxylic acids is 1. The SMILES string of the molecule is COCC1CN(CCc2cc(F)c(=O)n(C(CC(C)C)C(=O)NC(CC(=O)O)c3cc(-c4c(C)cccc4C)cc(C)c3F)c2)C1. The van der Waals surface area contributed by atoms with Crippen LogP contribution in [0.15, 0.2) is 47.4 Å². The molecule has 1 fully saturated rings. The summed E-state index contributed by atoms with van der Waals surface area (Å²) in [5, 5.41) is 12.5. The van der Waals surface area contributed by atoms with Crippen molar-refractivity contribution in [1.82, 2.24) is 14.8 Å². The van der Waals surface area contributed by atoms with Gasteiger partial charge in [0.2, 0.25) is 5.91 Å². The van der Waals surface area contributed by atoms with Crippen molar-refractivity contribution in [3.05, 3.63) is 92.4 Å². The molecular formula is C36H45F2N3O5. The van der Waals surface area contributed by atoms with E-state index in [0.29, 0.717) is 42.2 Å². The molecule has 1 aliphatic heterocycles. The van der Waals surface area contributed by atoms with Gasteiger partial charge in [0.25, 0.3) is 5.56 Å². The van der Waals surface area contributed by atoms with Crippen LogP contribution in [0.4, 0.5) is 8.78 Å². The number of nitrogens with one attached hydrogen (secondary N) is 1. The number of hydrogen-bond acceptors (Lipinski definition) is 5. The van der Waals surface area contributed by atoms with E-state index in [1.807, 2.05) is 45.9 Å². The molecule has 0 radical (unpaired) electrons. The van der Waals surface area contributed by atoms with Crippen LogP contribution in [0.5, 0.6) is 0 Å². The molecule has 10 heteroatoms. The van der Waals surface area contributed by atoms with Gasteiger partial charge in [0.05, 0.1) is 19.1 Å². The summed E-state index contributed by atoms with van der Waals surface area (Å²) in [6.45, 7) is 12.3. The zero-order valence-electron chi connectivity index (χ0n) is 27.5. The van der Waals surface area contributed by atoms with Crippen molar-refractivity contribution >= 4 is 11.9 Å². The fourth-order valence-electron chi connectivity index (χ4n) is 6.42. The molecule has 0 spiro atoms. The molecular weight excluding hydrogens is 592 g/mol. The fraction of sp³-hybridized carbons (Fsp3) is 0.472. The Balaban J connectivity index is 1.67. The van der Waals surface area contributed by atoms with E-state index in [1.54, 1.807) is 26.2 Å². The van der Waals surface area contributed by atoms with Crippen molar-refractivity contribution in [2.75, 3.05) is 33.4 Å². The van der Waals surface area contributed by atoms with Crippen LogP contribution in [-0.2, 0) is 20.7 Å². The van der Waals surface area contributed by atoms with Crippen LogP contribution in [0.25, 0.3) is 11.1 Å². The first-order valence-corrected chi connectivity index (χ1v) is 15.8. The zero-order chi connectivity index (χ0) is 33.7. The number of aromatic nitrogens is 1. The van der Waals surface area contributed by atoms with Gasteiger partial charge in [-0.15, -0.1) is 0 Å². The van der Waals surface area contributed by atoms with Gasteiger partial charge in [0.1, 0.15) is 11.9 Å². The van der Waals surface area contributed by atoms with Crippen LogP contribution in [0, 0.1) is 44.2 Å². The molecule has 1 aromatic heterocycles. The van der Waals surface area contributed by atoms with E-state index in [2.05, 4.69) is 10.2 Å². The standard InChI is InChI=1S/C36H45F2N3O5/c1-21(2)12-31(41-19-25(14-29(37)36(41)45)10-11-40-17-26(18-40)20-46-6)35(44)39-30(16-32(42)43)28-15-27(13-24(5)34(28)38)33-22(3)8-7-9-23(33)4/h7-9,13-15,19,21,26,30-31H,10-12,16-18,20H2,1-6H3,(H,39,44)(H,42,43). The number of likely N-dealkylation sites (tertiary alicyclic amines) is 1. The minimum absolute atomic E-state index is 0.0327. The average molecular weight is 638 g/mol. The summed E-state index contributed by atoms with van der Waals surface area (Å²) in [5.41, 5.74) is 3.51. The number of ether oxygens (including phenoxy) is 1. The maximum absolute atomic E-state index is 15.7. The molecule has 248 valence electrons. The number of carbonyl (C=O) groups is 2. The normalized spacial score (nSPS) is 15.1. The third-order valence-corrected chi connectivity index (χ3v) is 8.66. The van der Waals surface area contributed by atoms with Gasteiger partial charge >= 0.3 is 5.97 Å². The number of hydrogen-bond donors (Lipinski definition) is 2. The molecule has 46 heavy (non-hydrogen) atoms. The van der Waals surface area contributed by atoms with E-state index < -0.39 is 47.6 Å². The van der Waals surface area contributed by atoms with Gasteiger partial charge in [-0.3, -0.25) is 14.4 Å². The highest BCUT2D eigenvalue weighted by Gasteiger charge is 2.30. The lowest BCUT2D eigenvalue weighted by Gasteiger charge is -2.38. The van der Waals surface area contributed by atoms with Crippen LogP contribution in [-0.4, -0.2) is 59.8 Å². The molecule has 4 rings (SSSR count). The van der Waals surface area contributed by atoms with E-state index in [4.69, 9.17) is 4.74 Å². The van der Waals surface area contributed by atoms with E-state index in [1.165, 1.54) is 12.3 Å². The second kappa shape index (κ2) is 15.1. The molecule has 2 unspecified atom stereocenters. The molecule has 0 bridgehead atoms. The Morgan fingerprint density at radius 2 is 1.74 bits per heavy atom. The number of rotatable bonds is 14. The predicted octanol–water partition coefficient (Wildman–Crippen LogP) is 5.76. The van der Waals surface area contributed by atoms with E-state index >= 15 is 8.78 Å². The van der Waals surface area contributed by atoms with Crippen LogP contribution >= 0.6 is 0 Å². The highest BCUT2D eigenvalue weighted by Crippen LogP contribution is 2.33. The third kappa shape index (κ3) is 8.27. The van der Waals surface area contributed by atoms with Crippen LogP contribution < -0.4 is 10.9 Å². The van der Waals surface area contributed by atoms with E-state index in [0.717, 1.165) is 34.3 Å². The monoisotopic (exact) mass is 637 g/mol. The maximum Gasteiger partial charge on any atom is 0.305 e. The first-order valence-electron chi connectivity index (χ1n) is 15.8. The van der Waals surface area contributed by atoms with Gasteiger partial charge in [0.15, 0.2) is 5.82 Å². The van der Waals surface area contributed by atoms with Crippen molar-refractivity contribution in [3.63, 3.8) is 0 Å². The summed E-state index contributed by atoms with van der Waals surface area (Å²) in [7, 11) is 1.67. The van der Waals surface area contributed by atoms with Crippen molar-refractivity contribution in [1.29, 1.82) is 0 Å². The lowest BCUT2D eigenvalue weighted by atomic mass is 9.90. The second-order valence-electron chi connectivity index (χ2n) is 13.0. The molecule has 0 aliphatic carbocycles. The number of pyridine rings is 1. The summed E-state index contributed by atoms with van der Waals surface area (Å²) in [6, 6.07) is 7.94. The molecule has 1 aliphatic rings. The Morgan fingerprint density at radius 1 is 1.07 bits per heavy atom. The molecule has 2 heterocycles. The average Bonchev–Trinajstić information content (AvgIpc) is 2.95. The van der Waals surface area contributed by atoms with Crippen LogP contribution in [0.3, 0.4) is 0 Å². The number of halogens is 2. The van der Waals surface area contributed by atoms with Gasteiger partial charge in [-0.1, -0.05) is 32.0 Å². The Labute approximate surface area is 269 Å². The quantitative estimate of drug-likeness (QED) is 0.233. The van der Waals surface area contributed by atoms with Crippen molar-refractivity contribution in [3.8, 4) is 11.1 Å². The molecule has 1 saturated heterocycles. The van der Waals surface area contributed by atoms with Gasteiger partial charge in [-0.05, 0) is 91.1 Å². The lowest BCUT2D eigenvalue weighted by molar-refractivity contribution is -0.138. The van der Waals surface area contributed by atoms with Gasteiger partial charge in [0, 0.05) is 44.4 Å². The lowest BCUT2D eigenvalue weighted by Crippen LogP contribution is -2.49. The largest absolute Gasteiger partial charge is 0.481 e. The fourth-order valence-corrected chi connectivity index (χ4v) is 6.42. The summed E-state index contributed by atoms with van der Waals surface area (Å²) < 4.78 is 37.1. The maximum atomic E-state index is 15.7. The highest BCUT2D eigenvalue weighted by molar-refractivity contribution is 5.82. The molecule has 1 amide bonds. The van der Waals surface area contributed by atoms with Crippen molar-refractivity contribution in [2.24, 2.45) is 11.8 Å². The molecule has 2 atom stereocenters. The highest BCUT2D eigenvalue weighted by atomic mass is 19.1. The summed E-state index contributed by atoms with van der Waals surface area (Å²) in [6.07, 6.45) is 1.59. The van der Waals surface area contributed by atoms with Crippen LogP contribution in [0.2, 0.25) is 0 Å². The number of carboxylic acids is 1. The number of carboxylic acid groups (broad SMARTS) is 1. The molecule has 2 aromatic carbocycles. The zero-order valence-corrected chi connectivity index (χ0v) is 27.5. The second-order valence-corrected chi connectivity index (χ2v) is 13.0. The van der Waals surface area contributed by atoms with Gasteiger partial charge < -0.3 is 24.6 Å². The summed E-state index contributed by atoms with van der Waals surface area (Å²) in [4.78, 5) is 41.3. The number of aryl methyl sites for hydroxylation is 3. The summed E-state index contributed by atoms with van der Waals surface area (Å²) in [5.74, 6) is -3.11. The number of nitrogens with zero attached hydrogens (tertiary/aromatic N) is 2. The number of methoxy groups -OCH3 is 1. The Bertz CT molecular complexity index is 1610. The molecule has 2 N–H and O–H groups in total. The first kappa shape index (κ1) is 35.0. The molecule has 8 nitrogen and oxygen atoms in total. The van der Waals surface area contributed by atoms with Gasteiger partial charge in [-0.2, -0.15) is 0 Å². The summed E-state index contributed by atoms with van der Waals surface area (Å²) >= 11 is 0. The van der Waals surface area contributed by atoms with Crippen LogP contribution in [0.1, 0.15) is 66.6 Å². The number of amides is 1.